The number of nitrogens with two attached hydrogens (primary N) is 1. The van der Waals surface area contributed by atoms with Crippen LogP contribution in [0, 0.1) is 0 Å². The van der Waals surface area contributed by atoms with E-state index in [2.05, 4.69) is 0 Å². The van der Waals surface area contributed by atoms with E-state index in [0.29, 0.717) is 12.8 Å². The quantitative estimate of drug-likeness (QED) is 0.877. The first-order chi connectivity index (χ1) is 10.1. The molecule has 0 amide bonds. The fraction of sp³-hybridized carbons (Fsp3) is 0.211. The van der Waals surface area contributed by atoms with Crippen molar-refractivity contribution in [2.24, 2.45) is 5.73 Å². The molecule has 0 aliphatic rings. The van der Waals surface area contributed by atoms with Crippen molar-refractivity contribution >= 4 is 11.9 Å². The second-order valence-corrected chi connectivity index (χ2v) is 5.39. The molecule has 1 atom stereocenters. The zero-order valence-electron chi connectivity index (χ0n) is 12.3. The number of hydrogen-bond donors (Lipinski definition) is 1. The number of carbonyl (C=O) groups excluding carboxylic acids is 1. The molecule has 2 heteroatoms. The fourth-order valence-electron chi connectivity index (χ4n) is 2.27. The van der Waals surface area contributed by atoms with Gasteiger partial charge in [-0.1, -0.05) is 72.8 Å². The Hall–Kier alpha value is -2.19. The number of hydrogen-bond acceptors (Lipinski definition) is 2. The molecule has 2 aromatic rings. The third kappa shape index (κ3) is 4.40. The first-order valence-electron chi connectivity index (χ1n) is 7.16. The molecule has 21 heavy (non-hydrogen) atoms. The summed E-state index contributed by atoms with van der Waals surface area (Å²) in [6.45, 7) is 1.57. The molecule has 0 radical (unpaired) electrons. The van der Waals surface area contributed by atoms with Crippen LogP contribution in [-0.2, 0) is 11.2 Å². The molecule has 0 aromatic heterocycles. The highest BCUT2D eigenvalue weighted by molar-refractivity contribution is 5.86. The van der Waals surface area contributed by atoms with Gasteiger partial charge in [0.2, 0.25) is 0 Å². The summed E-state index contributed by atoms with van der Waals surface area (Å²) in [5.74, 6) is 0.0177. The van der Waals surface area contributed by atoms with E-state index in [9.17, 15) is 4.79 Å². The van der Waals surface area contributed by atoms with E-state index in [1.807, 2.05) is 72.8 Å². The summed E-state index contributed by atoms with van der Waals surface area (Å²) in [6.07, 6.45) is 5.09. The summed E-state index contributed by atoms with van der Waals surface area (Å²) in [5.41, 5.74) is 7.70. The maximum atomic E-state index is 12.0. The Balaban J connectivity index is 2.08. The van der Waals surface area contributed by atoms with Gasteiger partial charge in [0.25, 0.3) is 0 Å². The van der Waals surface area contributed by atoms with Gasteiger partial charge in [-0.05, 0) is 30.9 Å². The van der Waals surface area contributed by atoms with E-state index >= 15 is 0 Å². The fourth-order valence-corrected chi connectivity index (χ4v) is 2.27. The van der Waals surface area contributed by atoms with Gasteiger partial charge >= 0.3 is 0 Å². The minimum Gasteiger partial charge on any atom is -0.318 e. The average Bonchev–Trinajstić information content (AvgIpc) is 2.49. The predicted molar refractivity (Wildman–Crippen MR) is 87.8 cm³/mol. The molecule has 2 aromatic carbocycles. The standard InChI is InChI=1S/C19H21NO/c1-16(21)19(20,15-18-11-6-3-7-12-18)14-8-13-17-9-4-2-5-10-17/h2-13H,14-15,20H2,1H3/b13-8-/t19-/m0/s1. The number of ketones is 1. The Bertz CT molecular complexity index is 604. The maximum Gasteiger partial charge on any atom is 0.150 e. The van der Waals surface area contributed by atoms with E-state index < -0.39 is 5.54 Å². The van der Waals surface area contributed by atoms with Crippen LogP contribution >= 0.6 is 0 Å². The Kier molecular flexibility index (Phi) is 5.07. The number of Topliss-reactive ketones (excluding diaryl/α,β-unsaturated/α-hetero) is 1. The Morgan fingerprint density at radius 1 is 1.05 bits per heavy atom. The largest absolute Gasteiger partial charge is 0.318 e. The monoisotopic (exact) mass is 279 g/mol. The second kappa shape index (κ2) is 7.00. The maximum absolute atomic E-state index is 12.0. The van der Waals surface area contributed by atoms with Gasteiger partial charge in [0.05, 0.1) is 5.54 Å². The SMILES string of the molecule is CC(=O)[C@](N)(C/C=C\c1ccccc1)Cc1ccccc1. The molecular formula is C19H21NO. The number of carbonyl (C=O) groups is 1. The third-order valence-electron chi connectivity index (χ3n) is 3.66. The zero-order chi connectivity index (χ0) is 15.1. The summed E-state index contributed by atoms with van der Waals surface area (Å²) >= 11 is 0. The zero-order valence-corrected chi connectivity index (χ0v) is 12.3. The summed E-state index contributed by atoms with van der Waals surface area (Å²) < 4.78 is 0. The minimum atomic E-state index is -0.841. The van der Waals surface area contributed by atoms with Crippen molar-refractivity contribution in [1.82, 2.24) is 0 Å². The van der Waals surface area contributed by atoms with Crippen LogP contribution in [0.4, 0.5) is 0 Å². The first-order valence-corrected chi connectivity index (χ1v) is 7.16. The molecule has 0 unspecified atom stereocenters. The lowest BCUT2D eigenvalue weighted by Gasteiger charge is -2.25. The number of benzene rings is 2. The molecule has 0 spiro atoms. The smallest absolute Gasteiger partial charge is 0.150 e. The van der Waals surface area contributed by atoms with E-state index in [0.717, 1.165) is 11.1 Å². The normalized spacial score (nSPS) is 14.0. The second-order valence-electron chi connectivity index (χ2n) is 5.39. The van der Waals surface area contributed by atoms with E-state index in [1.54, 1.807) is 6.92 Å². The summed E-state index contributed by atoms with van der Waals surface area (Å²) in [5, 5.41) is 0. The van der Waals surface area contributed by atoms with Gasteiger partial charge in [0.1, 0.15) is 5.78 Å². The van der Waals surface area contributed by atoms with Crippen molar-refractivity contribution in [2.45, 2.75) is 25.3 Å². The molecule has 2 N–H and O–H groups in total. The molecule has 108 valence electrons. The van der Waals surface area contributed by atoms with E-state index in [1.165, 1.54) is 0 Å². The van der Waals surface area contributed by atoms with Gasteiger partial charge in [-0.15, -0.1) is 0 Å². The highest BCUT2D eigenvalue weighted by Gasteiger charge is 2.29. The van der Waals surface area contributed by atoms with Crippen LogP contribution in [0.1, 0.15) is 24.5 Å². The molecule has 0 heterocycles. The van der Waals surface area contributed by atoms with Crippen LogP contribution in [0.5, 0.6) is 0 Å². The molecule has 0 fully saturated rings. The first kappa shape index (κ1) is 15.2. The lowest BCUT2D eigenvalue weighted by Crippen LogP contribution is -2.48. The van der Waals surface area contributed by atoms with Gasteiger partial charge in [-0.3, -0.25) is 4.79 Å². The molecule has 2 rings (SSSR count). The molecule has 0 aliphatic carbocycles. The van der Waals surface area contributed by atoms with Crippen LogP contribution in [0.15, 0.2) is 66.7 Å². The average molecular weight is 279 g/mol. The van der Waals surface area contributed by atoms with Crippen LogP contribution in [-0.4, -0.2) is 11.3 Å². The molecule has 2 nitrogen and oxygen atoms in total. The highest BCUT2D eigenvalue weighted by atomic mass is 16.1. The summed E-state index contributed by atoms with van der Waals surface area (Å²) in [7, 11) is 0. The van der Waals surface area contributed by atoms with Gasteiger partial charge in [0, 0.05) is 0 Å². The molecule has 0 bridgehead atoms. The lowest BCUT2D eigenvalue weighted by molar-refractivity contribution is -0.121. The Labute approximate surface area is 126 Å². The van der Waals surface area contributed by atoms with Crippen molar-refractivity contribution in [3.8, 4) is 0 Å². The molecular weight excluding hydrogens is 258 g/mol. The molecule has 0 saturated heterocycles. The Morgan fingerprint density at radius 3 is 2.19 bits per heavy atom. The van der Waals surface area contributed by atoms with Crippen molar-refractivity contribution in [3.05, 3.63) is 77.9 Å². The van der Waals surface area contributed by atoms with Gasteiger partial charge in [0.15, 0.2) is 0 Å². The minimum absolute atomic E-state index is 0.0177. The summed E-state index contributed by atoms with van der Waals surface area (Å²) in [4.78, 5) is 12.0. The van der Waals surface area contributed by atoms with Crippen LogP contribution in [0.2, 0.25) is 0 Å². The van der Waals surface area contributed by atoms with Crippen molar-refractivity contribution < 1.29 is 4.79 Å². The van der Waals surface area contributed by atoms with Gasteiger partial charge in [-0.2, -0.15) is 0 Å². The molecule has 0 aliphatic heterocycles. The van der Waals surface area contributed by atoms with E-state index in [4.69, 9.17) is 5.73 Å². The highest BCUT2D eigenvalue weighted by Crippen LogP contribution is 2.18. The summed E-state index contributed by atoms with van der Waals surface area (Å²) in [6, 6.07) is 19.9. The topological polar surface area (TPSA) is 43.1 Å². The van der Waals surface area contributed by atoms with Crippen LogP contribution in [0.25, 0.3) is 6.08 Å². The van der Waals surface area contributed by atoms with Crippen molar-refractivity contribution in [1.29, 1.82) is 0 Å². The predicted octanol–water partition coefficient (Wildman–Crippen LogP) is 3.62. The number of rotatable bonds is 6. The molecule has 0 saturated carbocycles. The van der Waals surface area contributed by atoms with Crippen molar-refractivity contribution in [3.63, 3.8) is 0 Å². The van der Waals surface area contributed by atoms with Crippen LogP contribution < -0.4 is 5.73 Å². The third-order valence-corrected chi connectivity index (χ3v) is 3.66. The Morgan fingerprint density at radius 2 is 1.62 bits per heavy atom. The van der Waals surface area contributed by atoms with Gasteiger partial charge < -0.3 is 5.73 Å². The van der Waals surface area contributed by atoms with E-state index in [-0.39, 0.29) is 5.78 Å². The van der Waals surface area contributed by atoms with Gasteiger partial charge in [-0.25, -0.2) is 0 Å². The van der Waals surface area contributed by atoms with Crippen LogP contribution in [0.3, 0.4) is 0 Å². The van der Waals surface area contributed by atoms with Crippen molar-refractivity contribution in [2.75, 3.05) is 0 Å². The lowest BCUT2D eigenvalue weighted by atomic mass is 9.85.